The van der Waals surface area contributed by atoms with Gasteiger partial charge in [0.1, 0.15) is 0 Å². The SMILES string of the molecule is C#CC(C)NC1(CN)CCCSC1. The average Bonchev–Trinajstić information content (AvgIpc) is 2.19. The molecule has 2 unspecified atom stereocenters. The molecule has 0 aliphatic carbocycles. The van der Waals surface area contributed by atoms with Gasteiger partial charge in [-0.15, -0.1) is 6.42 Å². The lowest BCUT2D eigenvalue weighted by Gasteiger charge is -2.38. The van der Waals surface area contributed by atoms with Crippen molar-refractivity contribution in [1.82, 2.24) is 5.32 Å². The summed E-state index contributed by atoms with van der Waals surface area (Å²) in [6.07, 6.45) is 7.74. The van der Waals surface area contributed by atoms with Crippen molar-refractivity contribution in [3.8, 4) is 12.3 Å². The molecular weight excluding hydrogens is 180 g/mol. The van der Waals surface area contributed by atoms with Gasteiger partial charge in [-0.25, -0.2) is 0 Å². The molecule has 13 heavy (non-hydrogen) atoms. The van der Waals surface area contributed by atoms with Crippen molar-refractivity contribution in [3.63, 3.8) is 0 Å². The Balaban J connectivity index is 2.53. The Labute approximate surface area is 85.0 Å². The van der Waals surface area contributed by atoms with Gasteiger partial charge in [-0.2, -0.15) is 11.8 Å². The molecule has 3 heteroatoms. The van der Waals surface area contributed by atoms with Crippen molar-refractivity contribution >= 4 is 11.8 Å². The van der Waals surface area contributed by atoms with E-state index in [4.69, 9.17) is 12.2 Å². The summed E-state index contributed by atoms with van der Waals surface area (Å²) >= 11 is 1.97. The van der Waals surface area contributed by atoms with E-state index >= 15 is 0 Å². The van der Waals surface area contributed by atoms with Crippen LogP contribution < -0.4 is 11.1 Å². The van der Waals surface area contributed by atoms with Crippen molar-refractivity contribution < 1.29 is 0 Å². The Morgan fingerprint density at radius 2 is 2.54 bits per heavy atom. The molecule has 0 aromatic rings. The van der Waals surface area contributed by atoms with Crippen molar-refractivity contribution in [2.45, 2.75) is 31.3 Å². The monoisotopic (exact) mass is 198 g/mol. The maximum atomic E-state index is 5.80. The first-order valence-electron chi connectivity index (χ1n) is 4.74. The summed E-state index contributed by atoms with van der Waals surface area (Å²) in [5, 5.41) is 3.45. The largest absolute Gasteiger partial charge is 0.329 e. The molecule has 3 N–H and O–H groups in total. The molecule has 2 atom stereocenters. The first-order chi connectivity index (χ1) is 6.22. The molecule has 74 valence electrons. The molecule has 1 heterocycles. The molecule has 1 aliphatic heterocycles. The summed E-state index contributed by atoms with van der Waals surface area (Å²) in [7, 11) is 0. The highest BCUT2D eigenvalue weighted by molar-refractivity contribution is 7.99. The van der Waals surface area contributed by atoms with Crippen LogP contribution in [0.25, 0.3) is 0 Å². The minimum Gasteiger partial charge on any atom is -0.329 e. The van der Waals surface area contributed by atoms with Gasteiger partial charge in [-0.1, -0.05) is 5.92 Å². The second kappa shape index (κ2) is 4.90. The number of terminal acetylenes is 1. The molecule has 0 aromatic carbocycles. The van der Waals surface area contributed by atoms with Gasteiger partial charge in [0.05, 0.1) is 6.04 Å². The summed E-state index contributed by atoms with van der Waals surface area (Å²) in [5.41, 5.74) is 5.89. The van der Waals surface area contributed by atoms with Crippen LogP contribution in [0.1, 0.15) is 19.8 Å². The van der Waals surface area contributed by atoms with Gasteiger partial charge in [0.25, 0.3) is 0 Å². The van der Waals surface area contributed by atoms with E-state index < -0.39 is 0 Å². The molecule has 1 fully saturated rings. The standard InChI is InChI=1S/C10H18N2S/c1-3-9(2)12-10(7-11)5-4-6-13-8-10/h1,9,12H,4-8,11H2,2H3. The summed E-state index contributed by atoms with van der Waals surface area (Å²) in [4.78, 5) is 0. The zero-order valence-electron chi connectivity index (χ0n) is 8.18. The van der Waals surface area contributed by atoms with Crippen molar-refractivity contribution in [2.75, 3.05) is 18.1 Å². The van der Waals surface area contributed by atoms with Crippen molar-refractivity contribution in [3.05, 3.63) is 0 Å². The quantitative estimate of drug-likeness (QED) is 0.660. The average molecular weight is 198 g/mol. The fourth-order valence-electron chi connectivity index (χ4n) is 1.69. The molecule has 2 nitrogen and oxygen atoms in total. The smallest absolute Gasteiger partial charge is 0.0663 e. The van der Waals surface area contributed by atoms with Gasteiger partial charge in [0, 0.05) is 17.8 Å². The number of nitrogens with two attached hydrogens (primary N) is 1. The molecule has 1 saturated heterocycles. The predicted molar refractivity (Wildman–Crippen MR) is 59.8 cm³/mol. The molecule has 1 rings (SSSR count). The van der Waals surface area contributed by atoms with E-state index in [2.05, 4.69) is 11.2 Å². The first kappa shape index (κ1) is 10.9. The van der Waals surface area contributed by atoms with Crippen LogP contribution in [-0.4, -0.2) is 29.6 Å². The summed E-state index contributed by atoms with van der Waals surface area (Å²) in [5.74, 6) is 5.05. The van der Waals surface area contributed by atoms with Gasteiger partial charge in [0.2, 0.25) is 0 Å². The van der Waals surface area contributed by atoms with E-state index in [1.807, 2.05) is 18.7 Å². The number of rotatable bonds is 3. The third kappa shape index (κ3) is 2.91. The van der Waals surface area contributed by atoms with Gasteiger partial charge in [-0.05, 0) is 25.5 Å². The summed E-state index contributed by atoms with van der Waals surface area (Å²) in [6.45, 7) is 2.70. The van der Waals surface area contributed by atoms with E-state index in [0.29, 0.717) is 6.54 Å². The van der Waals surface area contributed by atoms with Gasteiger partial charge in [-0.3, -0.25) is 5.32 Å². The number of hydrogen-bond acceptors (Lipinski definition) is 3. The van der Waals surface area contributed by atoms with E-state index in [1.54, 1.807) is 0 Å². The van der Waals surface area contributed by atoms with Crippen LogP contribution in [0.4, 0.5) is 0 Å². The third-order valence-electron chi connectivity index (χ3n) is 2.49. The molecule has 0 bridgehead atoms. The van der Waals surface area contributed by atoms with Crippen LogP contribution in [0, 0.1) is 12.3 Å². The van der Waals surface area contributed by atoms with Crippen LogP contribution >= 0.6 is 11.8 Å². The fourth-order valence-corrected chi connectivity index (χ4v) is 2.92. The summed E-state index contributed by atoms with van der Waals surface area (Å²) < 4.78 is 0. The lowest BCUT2D eigenvalue weighted by atomic mass is 9.94. The highest BCUT2D eigenvalue weighted by Gasteiger charge is 2.31. The molecule has 0 radical (unpaired) electrons. The predicted octanol–water partition coefficient (Wildman–Crippen LogP) is 0.822. The molecule has 1 aliphatic rings. The van der Waals surface area contributed by atoms with Crippen LogP contribution in [0.3, 0.4) is 0 Å². The van der Waals surface area contributed by atoms with E-state index in [1.165, 1.54) is 12.2 Å². The Kier molecular flexibility index (Phi) is 4.11. The summed E-state index contributed by atoms with van der Waals surface area (Å²) in [6, 6.07) is 0.127. The Hall–Kier alpha value is -0.170. The Morgan fingerprint density at radius 1 is 1.77 bits per heavy atom. The molecule has 0 saturated carbocycles. The maximum Gasteiger partial charge on any atom is 0.0663 e. The molecular formula is C10H18N2S. The lowest BCUT2D eigenvalue weighted by Crippen LogP contribution is -2.57. The zero-order valence-corrected chi connectivity index (χ0v) is 8.99. The number of hydrogen-bond donors (Lipinski definition) is 2. The molecule has 0 amide bonds. The minimum absolute atomic E-state index is 0.0920. The topological polar surface area (TPSA) is 38.0 Å². The number of nitrogens with one attached hydrogen (secondary N) is 1. The zero-order chi connectivity index (χ0) is 9.73. The second-order valence-electron chi connectivity index (χ2n) is 3.67. The van der Waals surface area contributed by atoms with Crippen LogP contribution in [0.5, 0.6) is 0 Å². The maximum absolute atomic E-state index is 5.80. The molecule has 0 aromatic heterocycles. The van der Waals surface area contributed by atoms with E-state index in [9.17, 15) is 0 Å². The normalized spacial score (nSPS) is 30.8. The van der Waals surface area contributed by atoms with E-state index in [0.717, 1.165) is 12.2 Å². The number of thioether (sulfide) groups is 1. The Bertz CT molecular complexity index is 192. The van der Waals surface area contributed by atoms with Crippen LogP contribution in [0.2, 0.25) is 0 Å². The van der Waals surface area contributed by atoms with Gasteiger partial charge >= 0.3 is 0 Å². The second-order valence-corrected chi connectivity index (χ2v) is 4.78. The van der Waals surface area contributed by atoms with Crippen LogP contribution in [-0.2, 0) is 0 Å². The van der Waals surface area contributed by atoms with Gasteiger partial charge < -0.3 is 5.73 Å². The van der Waals surface area contributed by atoms with Gasteiger partial charge in [0.15, 0.2) is 0 Å². The van der Waals surface area contributed by atoms with Crippen LogP contribution in [0.15, 0.2) is 0 Å². The lowest BCUT2D eigenvalue weighted by molar-refractivity contribution is 0.326. The highest BCUT2D eigenvalue weighted by atomic mass is 32.2. The molecule has 0 spiro atoms. The Morgan fingerprint density at radius 3 is 3.00 bits per heavy atom. The highest BCUT2D eigenvalue weighted by Crippen LogP contribution is 2.26. The first-order valence-corrected chi connectivity index (χ1v) is 5.89. The fraction of sp³-hybridized carbons (Fsp3) is 0.800. The van der Waals surface area contributed by atoms with Crippen molar-refractivity contribution in [1.29, 1.82) is 0 Å². The van der Waals surface area contributed by atoms with E-state index in [-0.39, 0.29) is 11.6 Å². The third-order valence-corrected chi connectivity index (χ3v) is 3.82. The minimum atomic E-state index is 0.0920. The van der Waals surface area contributed by atoms with Crippen molar-refractivity contribution in [2.24, 2.45) is 5.73 Å².